The second kappa shape index (κ2) is 7.01. The average molecular weight is 340 g/mol. The van der Waals surface area contributed by atoms with Gasteiger partial charge in [-0.25, -0.2) is 4.98 Å². The molecule has 0 saturated carbocycles. The Morgan fingerprint density at radius 3 is 2.50 bits per heavy atom. The molecule has 5 heteroatoms. The van der Waals surface area contributed by atoms with E-state index in [0.717, 1.165) is 27.1 Å². The minimum Gasteiger partial charge on any atom is -0.483 e. The Bertz CT molecular complexity index is 819. The number of nitrogens with zero attached hydrogens (tertiary/aromatic N) is 2. The van der Waals surface area contributed by atoms with Gasteiger partial charge in [-0.05, 0) is 44.0 Å². The fourth-order valence-corrected chi connectivity index (χ4v) is 3.68. The minimum atomic E-state index is -0.0841. The Hall–Kier alpha value is -2.40. The number of thiazole rings is 1. The van der Waals surface area contributed by atoms with Crippen LogP contribution in [0.15, 0.2) is 42.5 Å². The maximum atomic E-state index is 12.6. The number of hydrogen-bond donors (Lipinski definition) is 0. The first kappa shape index (κ1) is 16.5. The van der Waals surface area contributed by atoms with Gasteiger partial charge in [-0.1, -0.05) is 41.7 Å². The Balaban J connectivity index is 1.77. The number of anilines is 1. The molecule has 0 aliphatic carbocycles. The number of aryl methyl sites for hydroxylation is 2. The first-order valence-electron chi connectivity index (χ1n) is 7.95. The van der Waals surface area contributed by atoms with Crippen LogP contribution in [0.1, 0.15) is 18.1 Å². The van der Waals surface area contributed by atoms with Gasteiger partial charge in [0.2, 0.25) is 0 Å². The molecule has 2 aromatic carbocycles. The van der Waals surface area contributed by atoms with Crippen LogP contribution in [0.4, 0.5) is 5.13 Å². The number of carbonyl (C=O) groups excluding carboxylic acids is 1. The van der Waals surface area contributed by atoms with Crippen molar-refractivity contribution in [3.05, 3.63) is 53.6 Å². The third-order valence-electron chi connectivity index (χ3n) is 3.88. The van der Waals surface area contributed by atoms with Crippen LogP contribution in [0.3, 0.4) is 0 Å². The molecular formula is C19H20N2O2S. The molecule has 0 aliphatic rings. The molecule has 0 spiro atoms. The summed E-state index contributed by atoms with van der Waals surface area (Å²) in [4.78, 5) is 18.9. The molecule has 3 rings (SSSR count). The van der Waals surface area contributed by atoms with Crippen LogP contribution in [-0.2, 0) is 4.79 Å². The van der Waals surface area contributed by atoms with E-state index in [1.807, 2.05) is 63.2 Å². The summed E-state index contributed by atoms with van der Waals surface area (Å²) in [6, 6.07) is 13.9. The number of ether oxygens (including phenoxy) is 1. The summed E-state index contributed by atoms with van der Waals surface area (Å²) in [6.07, 6.45) is 0. The number of aromatic nitrogens is 1. The number of benzene rings is 2. The second-order valence-corrected chi connectivity index (χ2v) is 6.62. The molecule has 0 radical (unpaired) electrons. The maximum absolute atomic E-state index is 12.6. The summed E-state index contributed by atoms with van der Waals surface area (Å²) in [5, 5.41) is 0.716. The van der Waals surface area contributed by atoms with Crippen LogP contribution in [0.2, 0.25) is 0 Å². The number of rotatable bonds is 5. The minimum absolute atomic E-state index is 0.00938. The lowest BCUT2D eigenvalue weighted by Crippen LogP contribution is -2.34. The highest BCUT2D eigenvalue weighted by atomic mass is 32.1. The molecule has 1 heterocycles. The van der Waals surface area contributed by atoms with Gasteiger partial charge in [0.15, 0.2) is 11.7 Å². The number of fused-ring (bicyclic) bond motifs is 1. The van der Waals surface area contributed by atoms with E-state index in [-0.39, 0.29) is 12.5 Å². The lowest BCUT2D eigenvalue weighted by Gasteiger charge is -2.19. The molecule has 0 aliphatic heterocycles. The van der Waals surface area contributed by atoms with Crippen LogP contribution in [-0.4, -0.2) is 24.0 Å². The first-order chi connectivity index (χ1) is 11.6. The number of amides is 1. The third-order valence-corrected chi connectivity index (χ3v) is 4.94. The number of likely N-dealkylation sites (N-methyl/N-ethyl adjacent to an activating group) is 1. The molecule has 4 nitrogen and oxygen atoms in total. The molecule has 1 aromatic heterocycles. The molecule has 0 fully saturated rings. The highest BCUT2D eigenvalue weighted by molar-refractivity contribution is 7.22. The van der Waals surface area contributed by atoms with Gasteiger partial charge >= 0.3 is 0 Å². The molecule has 124 valence electrons. The number of hydrogen-bond acceptors (Lipinski definition) is 4. The van der Waals surface area contributed by atoms with Gasteiger partial charge in [0, 0.05) is 6.54 Å². The van der Waals surface area contributed by atoms with Crippen LogP contribution >= 0.6 is 11.3 Å². The van der Waals surface area contributed by atoms with Crippen LogP contribution in [0, 0.1) is 13.8 Å². The van der Waals surface area contributed by atoms with Gasteiger partial charge in [0.05, 0.1) is 10.2 Å². The fourth-order valence-electron chi connectivity index (χ4n) is 2.63. The van der Waals surface area contributed by atoms with Gasteiger partial charge < -0.3 is 4.74 Å². The molecule has 3 aromatic rings. The summed E-state index contributed by atoms with van der Waals surface area (Å²) in [5.41, 5.74) is 2.98. The second-order valence-electron chi connectivity index (χ2n) is 5.61. The van der Waals surface area contributed by atoms with Gasteiger partial charge in [-0.15, -0.1) is 0 Å². The van der Waals surface area contributed by atoms with Crippen molar-refractivity contribution in [1.29, 1.82) is 0 Å². The smallest absolute Gasteiger partial charge is 0.266 e. The summed E-state index contributed by atoms with van der Waals surface area (Å²) in [5.74, 6) is 0.699. The van der Waals surface area contributed by atoms with Crippen molar-refractivity contribution in [2.24, 2.45) is 0 Å². The van der Waals surface area contributed by atoms with E-state index in [2.05, 4.69) is 4.98 Å². The largest absolute Gasteiger partial charge is 0.483 e. The van der Waals surface area contributed by atoms with E-state index in [0.29, 0.717) is 11.7 Å². The molecule has 0 N–H and O–H groups in total. The third kappa shape index (κ3) is 3.26. The molecule has 0 saturated heterocycles. The highest BCUT2D eigenvalue weighted by Crippen LogP contribution is 2.29. The Kier molecular flexibility index (Phi) is 4.81. The highest BCUT2D eigenvalue weighted by Gasteiger charge is 2.19. The molecule has 24 heavy (non-hydrogen) atoms. The normalized spacial score (nSPS) is 10.8. The Labute approximate surface area is 145 Å². The van der Waals surface area contributed by atoms with Crippen molar-refractivity contribution in [3.63, 3.8) is 0 Å². The van der Waals surface area contributed by atoms with Crippen molar-refractivity contribution in [1.82, 2.24) is 4.98 Å². The van der Waals surface area contributed by atoms with Crippen molar-refractivity contribution in [2.75, 3.05) is 18.1 Å². The van der Waals surface area contributed by atoms with E-state index < -0.39 is 0 Å². The van der Waals surface area contributed by atoms with Gasteiger partial charge in [0.1, 0.15) is 5.75 Å². The monoisotopic (exact) mass is 340 g/mol. The van der Waals surface area contributed by atoms with E-state index in [4.69, 9.17) is 4.74 Å². The van der Waals surface area contributed by atoms with Crippen LogP contribution in [0.25, 0.3) is 10.2 Å². The van der Waals surface area contributed by atoms with Crippen molar-refractivity contribution in [3.8, 4) is 5.75 Å². The fraction of sp³-hybridized carbons (Fsp3) is 0.263. The summed E-state index contributed by atoms with van der Waals surface area (Å²) >= 11 is 1.52. The predicted octanol–water partition coefficient (Wildman–Crippen LogP) is 4.35. The molecule has 1 amide bonds. The molecule has 0 atom stereocenters. The van der Waals surface area contributed by atoms with Crippen molar-refractivity contribution in [2.45, 2.75) is 20.8 Å². The zero-order valence-corrected chi connectivity index (χ0v) is 14.9. The standard InChI is InChI=1S/C19H20N2O2S/c1-4-21(19-20-15-10-5-6-11-16(15)24-19)17(22)12-23-18-13(2)8-7-9-14(18)3/h5-11H,4,12H2,1-3H3. The Morgan fingerprint density at radius 1 is 1.12 bits per heavy atom. The zero-order chi connectivity index (χ0) is 17.1. The van der Waals surface area contributed by atoms with E-state index in [9.17, 15) is 4.79 Å². The maximum Gasteiger partial charge on any atom is 0.266 e. The molecule has 0 unspecified atom stereocenters. The predicted molar refractivity (Wildman–Crippen MR) is 99.1 cm³/mol. The molecule has 0 bridgehead atoms. The number of carbonyl (C=O) groups is 1. The van der Waals surface area contributed by atoms with Crippen molar-refractivity contribution >= 4 is 32.6 Å². The van der Waals surface area contributed by atoms with E-state index in [1.54, 1.807) is 4.90 Å². The summed E-state index contributed by atoms with van der Waals surface area (Å²) in [6.45, 7) is 6.49. The van der Waals surface area contributed by atoms with Crippen LogP contribution in [0.5, 0.6) is 5.75 Å². The summed E-state index contributed by atoms with van der Waals surface area (Å²) in [7, 11) is 0. The molecular weight excluding hydrogens is 320 g/mol. The SMILES string of the molecule is CCN(C(=O)COc1c(C)cccc1C)c1nc2ccccc2s1. The average Bonchev–Trinajstić information content (AvgIpc) is 2.98. The lowest BCUT2D eigenvalue weighted by atomic mass is 10.1. The summed E-state index contributed by atoms with van der Waals surface area (Å²) < 4.78 is 6.87. The quantitative estimate of drug-likeness (QED) is 0.694. The lowest BCUT2D eigenvalue weighted by molar-refractivity contribution is -0.120. The van der Waals surface area contributed by atoms with Gasteiger partial charge in [-0.2, -0.15) is 0 Å². The van der Waals surface area contributed by atoms with Crippen LogP contribution < -0.4 is 9.64 Å². The Morgan fingerprint density at radius 2 is 1.83 bits per heavy atom. The topological polar surface area (TPSA) is 42.4 Å². The number of para-hydroxylation sites is 2. The van der Waals surface area contributed by atoms with Gasteiger partial charge in [-0.3, -0.25) is 9.69 Å². The van der Waals surface area contributed by atoms with E-state index in [1.165, 1.54) is 11.3 Å². The first-order valence-corrected chi connectivity index (χ1v) is 8.76. The van der Waals surface area contributed by atoms with Gasteiger partial charge in [0.25, 0.3) is 5.91 Å². The van der Waals surface area contributed by atoms with E-state index >= 15 is 0 Å². The zero-order valence-electron chi connectivity index (χ0n) is 14.1. The van der Waals surface area contributed by atoms with Crippen molar-refractivity contribution < 1.29 is 9.53 Å².